The van der Waals surface area contributed by atoms with Crippen LogP contribution in [-0.4, -0.2) is 4.98 Å². The summed E-state index contributed by atoms with van der Waals surface area (Å²) in [4.78, 5) is 4.59. The average Bonchev–Trinajstić information content (AvgIpc) is 2.92. The number of aromatic nitrogens is 1. The molecule has 2 N–H and O–H groups in total. The minimum atomic E-state index is -0.355. The molecule has 0 spiro atoms. The fourth-order valence-corrected chi connectivity index (χ4v) is 3.30. The van der Waals surface area contributed by atoms with Gasteiger partial charge in [0.1, 0.15) is 0 Å². The summed E-state index contributed by atoms with van der Waals surface area (Å²) in [5, 5.41) is 0. The minimum Gasteiger partial charge on any atom is -0.321 e. The number of pyridine rings is 1. The highest BCUT2D eigenvalue weighted by Crippen LogP contribution is 2.42. The molecule has 1 aromatic heterocycles. The number of aryl methyl sites for hydroxylation is 2. The van der Waals surface area contributed by atoms with Gasteiger partial charge in [-0.3, -0.25) is 4.98 Å². The van der Waals surface area contributed by atoms with Crippen molar-refractivity contribution in [2.75, 3.05) is 0 Å². The highest BCUT2D eigenvalue weighted by molar-refractivity contribution is 5.37. The van der Waals surface area contributed by atoms with Gasteiger partial charge >= 0.3 is 0 Å². The van der Waals surface area contributed by atoms with Crippen LogP contribution in [-0.2, 0) is 18.4 Å². The fraction of sp³-hybridized carbons (Fsp3) is 0.389. The molecule has 0 saturated carbocycles. The Hall–Kier alpha value is -1.67. The molecular weight excluding hydrogens is 244 g/mol. The van der Waals surface area contributed by atoms with Crippen LogP contribution in [0.2, 0.25) is 0 Å². The normalized spacial score (nSPS) is 20.4. The van der Waals surface area contributed by atoms with Crippen LogP contribution in [0.4, 0.5) is 0 Å². The van der Waals surface area contributed by atoms with Crippen LogP contribution < -0.4 is 5.73 Å². The van der Waals surface area contributed by atoms with Gasteiger partial charge in [0.05, 0.1) is 0 Å². The van der Waals surface area contributed by atoms with E-state index in [1.165, 1.54) is 22.4 Å². The molecule has 0 fully saturated rings. The van der Waals surface area contributed by atoms with E-state index in [0.717, 1.165) is 19.3 Å². The first-order valence-electron chi connectivity index (χ1n) is 7.45. The Kier molecular flexibility index (Phi) is 3.35. The summed E-state index contributed by atoms with van der Waals surface area (Å²) >= 11 is 0. The molecule has 0 bridgehead atoms. The molecule has 0 aliphatic heterocycles. The zero-order valence-electron chi connectivity index (χ0n) is 12.3. The lowest BCUT2D eigenvalue weighted by Crippen LogP contribution is -2.39. The summed E-state index contributed by atoms with van der Waals surface area (Å²) in [6, 6.07) is 12.9. The molecule has 1 aliphatic rings. The molecule has 104 valence electrons. The van der Waals surface area contributed by atoms with Crippen molar-refractivity contribution in [3.05, 3.63) is 65.0 Å². The average molecular weight is 266 g/mol. The maximum Gasteiger partial charge on any atom is 0.0488 e. The molecule has 0 radical (unpaired) electrons. The van der Waals surface area contributed by atoms with E-state index in [1.54, 1.807) is 0 Å². The zero-order chi connectivity index (χ0) is 14.2. The van der Waals surface area contributed by atoms with E-state index in [1.807, 2.05) is 12.3 Å². The molecule has 1 aliphatic carbocycles. The minimum absolute atomic E-state index is 0.311. The molecule has 0 amide bonds. The Balaban J connectivity index is 1.96. The van der Waals surface area contributed by atoms with Crippen molar-refractivity contribution < 1.29 is 0 Å². The van der Waals surface area contributed by atoms with E-state index in [0.29, 0.717) is 5.92 Å². The van der Waals surface area contributed by atoms with Crippen molar-refractivity contribution in [2.45, 2.75) is 44.6 Å². The van der Waals surface area contributed by atoms with Gasteiger partial charge in [-0.1, -0.05) is 37.3 Å². The van der Waals surface area contributed by atoms with Crippen LogP contribution in [0.25, 0.3) is 0 Å². The van der Waals surface area contributed by atoms with Crippen molar-refractivity contribution >= 4 is 0 Å². The predicted molar refractivity (Wildman–Crippen MR) is 82.7 cm³/mol. The number of hydrogen-bond donors (Lipinski definition) is 1. The van der Waals surface area contributed by atoms with Crippen LogP contribution in [0.5, 0.6) is 0 Å². The summed E-state index contributed by atoms with van der Waals surface area (Å²) in [7, 11) is 0. The van der Waals surface area contributed by atoms with E-state index >= 15 is 0 Å². The van der Waals surface area contributed by atoms with Gasteiger partial charge in [0.25, 0.3) is 0 Å². The molecule has 1 aromatic carbocycles. The van der Waals surface area contributed by atoms with Crippen molar-refractivity contribution in [2.24, 2.45) is 5.73 Å². The lowest BCUT2D eigenvalue weighted by Gasteiger charge is -2.32. The van der Waals surface area contributed by atoms with E-state index < -0.39 is 0 Å². The molecule has 3 rings (SSSR count). The van der Waals surface area contributed by atoms with Gasteiger partial charge in [-0.15, -0.1) is 0 Å². The van der Waals surface area contributed by atoms with Crippen LogP contribution in [0.15, 0.2) is 42.6 Å². The first kappa shape index (κ1) is 13.3. The fourth-order valence-electron chi connectivity index (χ4n) is 3.30. The summed E-state index contributed by atoms with van der Waals surface area (Å²) in [6.45, 7) is 4.32. The van der Waals surface area contributed by atoms with Crippen LogP contribution >= 0.6 is 0 Å². The molecular formula is C18H22N2. The zero-order valence-corrected chi connectivity index (χ0v) is 12.3. The lowest BCUT2D eigenvalue weighted by atomic mass is 9.78. The Morgan fingerprint density at radius 2 is 2.00 bits per heavy atom. The second-order valence-corrected chi connectivity index (χ2v) is 5.97. The quantitative estimate of drug-likeness (QED) is 0.922. The Morgan fingerprint density at radius 3 is 2.70 bits per heavy atom. The summed E-state index contributed by atoms with van der Waals surface area (Å²) in [5.41, 5.74) is 11.5. The Labute approximate surface area is 121 Å². The first-order chi connectivity index (χ1) is 9.63. The van der Waals surface area contributed by atoms with E-state index in [2.05, 4.69) is 49.2 Å². The maximum atomic E-state index is 6.71. The first-order valence-corrected chi connectivity index (χ1v) is 7.45. The smallest absolute Gasteiger partial charge is 0.0488 e. The highest BCUT2D eigenvalue weighted by atomic mass is 14.8. The SMILES string of the molecule is CCc1ccc(C(C)(N)C2CCc3cccnc32)cc1. The Bertz CT molecular complexity index is 599. The van der Waals surface area contributed by atoms with E-state index in [-0.39, 0.29) is 5.54 Å². The number of nitrogens with two attached hydrogens (primary N) is 1. The van der Waals surface area contributed by atoms with Gasteiger partial charge in [-0.2, -0.15) is 0 Å². The highest BCUT2D eigenvalue weighted by Gasteiger charge is 2.38. The van der Waals surface area contributed by atoms with Gasteiger partial charge in [0.2, 0.25) is 0 Å². The van der Waals surface area contributed by atoms with Crippen molar-refractivity contribution in [3.8, 4) is 0 Å². The monoisotopic (exact) mass is 266 g/mol. The van der Waals surface area contributed by atoms with E-state index in [4.69, 9.17) is 5.73 Å². The third-order valence-electron chi connectivity index (χ3n) is 4.67. The van der Waals surface area contributed by atoms with Crippen LogP contribution in [0, 0.1) is 0 Å². The molecule has 0 saturated heterocycles. The number of hydrogen-bond acceptors (Lipinski definition) is 2. The summed E-state index contributed by atoms with van der Waals surface area (Å²) < 4.78 is 0. The second-order valence-electron chi connectivity index (χ2n) is 5.97. The summed E-state index contributed by atoms with van der Waals surface area (Å²) in [6.07, 6.45) is 5.13. The number of nitrogens with zero attached hydrogens (tertiary/aromatic N) is 1. The van der Waals surface area contributed by atoms with Gasteiger partial charge in [0.15, 0.2) is 0 Å². The van der Waals surface area contributed by atoms with Gasteiger partial charge in [-0.25, -0.2) is 0 Å². The molecule has 2 aromatic rings. The van der Waals surface area contributed by atoms with Gasteiger partial charge in [0, 0.05) is 23.3 Å². The molecule has 2 atom stereocenters. The van der Waals surface area contributed by atoms with Crippen LogP contribution in [0.3, 0.4) is 0 Å². The number of benzene rings is 1. The number of fused-ring (bicyclic) bond motifs is 1. The standard InChI is InChI=1S/C18H22N2/c1-3-13-6-9-15(10-7-13)18(2,19)16-11-8-14-5-4-12-20-17(14)16/h4-7,9-10,12,16H,3,8,11,19H2,1-2H3. The van der Waals surface area contributed by atoms with Crippen molar-refractivity contribution in [1.29, 1.82) is 0 Å². The topological polar surface area (TPSA) is 38.9 Å². The maximum absolute atomic E-state index is 6.71. The largest absolute Gasteiger partial charge is 0.321 e. The summed E-state index contributed by atoms with van der Waals surface area (Å²) in [5.74, 6) is 0.311. The molecule has 1 heterocycles. The Morgan fingerprint density at radius 1 is 1.25 bits per heavy atom. The third-order valence-corrected chi connectivity index (χ3v) is 4.67. The van der Waals surface area contributed by atoms with Gasteiger partial charge in [-0.05, 0) is 48.9 Å². The van der Waals surface area contributed by atoms with Crippen molar-refractivity contribution in [3.63, 3.8) is 0 Å². The molecule has 2 unspecified atom stereocenters. The molecule has 2 nitrogen and oxygen atoms in total. The third kappa shape index (κ3) is 2.14. The molecule has 2 heteroatoms. The van der Waals surface area contributed by atoms with E-state index in [9.17, 15) is 0 Å². The van der Waals surface area contributed by atoms with Crippen LogP contribution in [0.1, 0.15) is 48.6 Å². The van der Waals surface area contributed by atoms with Crippen molar-refractivity contribution in [1.82, 2.24) is 4.98 Å². The predicted octanol–water partition coefficient (Wildman–Crippen LogP) is 3.55. The lowest BCUT2D eigenvalue weighted by molar-refractivity contribution is 0.381. The second kappa shape index (κ2) is 5.02. The molecule has 20 heavy (non-hydrogen) atoms. The van der Waals surface area contributed by atoms with Gasteiger partial charge < -0.3 is 5.73 Å². The number of rotatable bonds is 3.